The maximum atomic E-state index is 12.4. The van der Waals surface area contributed by atoms with Crippen LogP contribution in [0.3, 0.4) is 0 Å². The number of carbonyl (C=O) groups is 1. The molecule has 0 atom stereocenters. The first-order valence-electron chi connectivity index (χ1n) is 7.30. The van der Waals surface area contributed by atoms with Crippen LogP contribution in [0.25, 0.3) is 0 Å². The van der Waals surface area contributed by atoms with Crippen molar-refractivity contribution in [2.24, 2.45) is 0 Å². The van der Waals surface area contributed by atoms with E-state index >= 15 is 0 Å². The smallest absolute Gasteiger partial charge is 0.257 e. The summed E-state index contributed by atoms with van der Waals surface area (Å²) < 4.78 is 26.1. The number of aromatic nitrogens is 1. The maximum absolute atomic E-state index is 12.4. The number of nitrogens with one attached hydrogen (secondary N) is 1. The third-order valence-electron chi connectivity index (χ3n) is 3.38. The number of anilines is 1. The van der Waals surface area contributed by atoms with Gasteiger partial charge in [-0.15, -0.1) is 0 Å². The lowest BCUT2D eigenvalue weighted by Gasteiger charge is -2.18. The minimum atomic E-state index is -3.49. The van der Waals surface area contributed by atoms with Crippen molar-refractivity contribution in [2.75, 3.05) is 18.4 Å². The van der Waals surface area contributed by atoms with Crippen LogP contribution >= 0.6 is 0 Å². The first kappa shape index (κ1) is 17.1. The van der Waals surface area contributed by atoms with E-state index in [0.29, 0.717) is 24.3 Å². The summed E-state index contributed by atoms with van der Waals surface area (Å²) in [6.45, 7) is 4.42. The third-order valence-corrected chi connectivity index (χ3v) is 5.44. The maximum Gasteiger partial charge on any atom is 0.257 e. The normalized spacial score (nSPS) is 11.4. The predicted octanol–water partition coefficient (Wildman–Crippen LogP) is 2.36. The molecular formula is C16H19N3O3S. The van der Waals surface area contributed by atoms with Crippen molar-refractivity contribution in [3.63, 3.8) is 0 Å². The van der Waals surface area contributed by atoms with Crippen molar-refractivity contribution in [3.05, 3.63) is 54.4 Å². The second-order valence-corrected chi connectivity index (χ2v) is 6.75. The first-order chi connectivity index (χ1) is 11.0. The van der Waals surface area contributed by atoms with Crippen LogP contribution in [0, 0.1) is 0 Å². The molecule has 0 bridgehead atoms. The molecule has 1 aromatic carbocycles. The van der Waals surface area contributed by atoms with Crippen LogP contribution in [0.2, 0.25) is 0 Å². The van der Waals surface area contributed by atoms with E-state index in [9.17, 15) is 13.2 Å². The molecule has 1 amide bonds. The number of carbonyl (C=O) groups excluding carboxylic acids is 1. The lowest BCUT2D eigenvalue weighted by atomic mass is 10.2. The van der Waals surface area contributed by atoms with Gasteiger partial charge in [0.05, 0.1) is 10.5 Å². The zero-order valence-electron chi connectivity index (χ0n) is 13.1. The molecule has 2 aromatic rings. The number of benzene rings is 1. The highest BCUT2D eigenvalue weighted by Gasteiger charge is 2.21. The third kappa shape index (κ3) is 3.94. The molecule has 0 saturated heterocycles. The van der Waals surface area contributed by atoms with E-state index in [2.05, 4.69) is 10.3 Å². The van der Waals surface area contributed by atoms with Gasteiger partial charge in [0.25, 0.3) is 5.91 Å². The Morgan fingerprint density at radius 2 is 1.78 bits per heavy atom. The molecule has 1 heterocycles. The molecule has 0 radical (unpaired) electrons. The minimum Gasteiger partial charge on any atom is -0.322 e. The van der Waals surface area contributed by atoms with Gasteiger partial charge >= 0.3 is 0 Å². The van der Waals surface area contributed by atoms with Crippen LogP contribution in [-0.4, -0.2) is 36.7 Å². The Balaban J connectivity index is 2.15. The number of hydrogen-bond donors (Lipinski definition) is 1. The van der Waals surface area contributed by atoms with Crippen LogP contribution in [0.5, 0.6) is 0 Å². The molecule has 122 valence electrons. The highest BCUT2D eigenvalue weighted by atomic mass is 32.2. The summed E-state index contributed by atoms with van der Waals surface area (Å²) in [5.74, 6) is -0.294. The Morgan fingerprint density at radius 1 is 1.13 bits per heavy atom. The Hall–Kier alpha value is -2.25. The molecule has 23 heavy (non-hydrogen) atoms. The van der Waals surface area contributed by atoms with Gasteiger partial charge in [0, 0.05) is 31.2 Å². The van der Waals surface area contributed by atoms with E-state index in [1.807, 2.05) is 0 Å². The zero-order valence-corrected chi connectivity index (χ0v) is 13.9. The molecule has 0 aliphatic carbocycles. The number of amides is 1. The number of nitrogens with zero attached hydrogens (tertiary/aromatic N) is 2. The molecule has 0 spiro atoms. The average molecular weight is 333 g/mol. The summed E-state index contributed by atoms with van der Waals surface area (Å²) >= 11 is 0. The van der Waals surface area contributed by atoms with Crippen LogP contribution < -0.4 is 5.32 Å². The minimum absolute atomic E-state index is 0.209. The predicted molar refractivity (Wildman–Crippen MR) is 88.7 cm³/mol. The Kier molecular flexibility index (Phi) is 5.46. The quantitative estimate of drug-likeness (QED) is 0.880. The van der Waals surface area contributed by atoms with Crippen LogP contribution in [0.4, 0.5) is 5.69 Å². The monoisotopic (exact) mass is 333 g/mol. The lowest BCUT2D eigenvalue weighted by molar-refractivity contribution is 0.102. The van der Waals surface area contributed by atoms with E-state index in [1.165, 1.54) is 22.6 Å². The van der Waals surface area contributed by atoms with E-state index < -0.39 is 10.0 Å². The lowest BCUT2D eigenvalue weighted by Crippen LogP contribution is -2.30. The van der Waals surface area contributed by atoms with Crippen molar-refractivity contribution in [3.8, 4) is 0 Å². The largest absolute Gasteiger partial charge is 0.322 e. The summed E-state index contributed by atoms with van der Waals surface area (Å²) in [7, 11) is -3.49. The van der Waals surface area contributed by atoms with Crippen molar-refractivity contribution < 1.29 is 13.2 Å². The summed E-state index contributed by atoms with van der Waals surface area (Å²) in [6, 6.07) is 9.46. The summed E-state index contributed by atoms with van der Waals surface area (Å²) in [5.41, 5.74) is 0.963. The van der Waals surface area contributed by atoms with Gasteiger partial charge in [-0.1, -0.05) is 13.8 Å². The molecular weight excluding hydrogens is 314 g/mol. The van der Waals surface area contributed by atoms with Gasteiger partial charge in [-0.05, 0) is 36.4 Å². The highest BCUT2D eigenvalue weighted by Crippen LogP contribution is 2.18. The molecule has 0 unspecified atom stereocenters. The second kappa shape index (κ2) is 7.34. The summed E-state index contributed by atoms with van der Waals surface area (Å²) in [5, 5.41) is 2.71. The number of rotatable bonds is 6. The molecule has 1 aromatic heterocycles. The van der Waals surface area contributed by atoms with Gasteiger partial charge in [-0.2, -0.15) is 4.31 Å². The molecule has 0 aliphatic rings. The second-order valence-electron chi connectivity index (χ2n) is 4.81. The number of sulfonamides is 1. The van der Waals surface area contributed by atoms with E-state index in [-0.39, 0.29) is 10.8 Å². The van der Waals surface area contributed by atoms with Crippen LogP contribution in [0.1, 0.15) is 24.2 Å². The fraction of sp³-hybridized carbons (Fsp3) is 0.250. The fourth-order valence-corrected chi connectivity index (χ4v) is 3.58. The van der Waals surface area contributed by atoms with Crippen molar-refractivity contribution >= 4 is 21.6 Å². The molecule has 6 nitrogen and oxygen atoms in total. The molecule has 0 aliphatic heterocycles. The topological polar surface area (TPSA) is 79.4 Å². The van der Waals surface area contributed by atoms with Crippen LogP contribution in [0.15, 0.2) is 53.7 Å². The van der Waals surface area contributed by atoms with Crippen molar-refractivity contribution in [2.45, 2.75) is 18.7 Å². The Morgan fingerprint density at radius 3 is 2.30 bits per heavy atom. The van der Waals surface area contributed by atoms with Gasteiger partial charge < -0.3 is 5.32 Å². The van der Waals surface area contributed by atoms with Gasteiger partial charge in [0.15, 0.2) is 0 Å². The van der Waals surface area contributed by atoms with Crippen molar-refractivity contribution in [1.82, 2.24) is 9.29 Å². The standard InChI is InChI=1S/C16H19N3O3S/c1-3-19(4-2)23(21,22)15-9-7-14(8-10-15)18-16(20)13-6-5-11-17-12-13/h5-12H,3-4H2,1-2H3,(H,18,20). The SMILES string of the molecule is CCN(CC)S(=O)(=O)c1ccc(NC(=O)c2cccnc2)cc1. The first-order valence-corrected chi connectivity index (χ1v) is 8.74. The number of hydrogen-bond acceptors (Lipinski definition) is 4. The van der Waals surface area contributed by atoms with Gasteiger partial charge in [-0.25, -0.2) is 8.42 Å². The molecule has 2 rings (SSSR count). The highest BCUT2D eigenvalue weighted by molar-refractivity contribution is 7.89. The van der Waals surface area contributed by atoms with E-state index in [4.69, 9.17) is 0 Å². The van der Waals surface area contributed by atoms with Gasteiger partial charge in [0.1, 0.15) is 0 Å². The Bertz CT molecular complexity index is 755. The van der Waals surface area contributed by atoms with E-state index in [1.54, 1.807) is 44.3 Å². The fourth-order valence-electron chi connectivity index (χ4n) is 2.12. The van der Waals surface area contributed by atoms with Crippen LogP contribution in [-0.2, 0) is 10.0 Å². The average Bonchev–Trinajstić information content (AvgIpc) is 2.57. The van der Waals surface area contributed by atoms with Gasteiger partial charge in [0.2, 0.25) is 10.0 Å². The Labute approximate surface area is 136 Å². The number of pyridine rings is 1. The van der Waals surface area contributed by atoms with Gasteiger partial charge in [-0.3, -0.25) is 9.78 Å². The molecule has 0 fully saturated rings. The van der Waals surface area contributed by atoms with Crippen molar-refractivity contribution in [1.29, 1.82) is 0 Å². The molecule has 0 saturated carbocycles. The summed E-state index contributed by atoms with van der Waals surface area (Å²) in [4.78, 5) is 16.1. The molecule has 1 N–H and O–H groups in total. The van der Waals surface area contributed by atoms with E-state index in [0.717, 1.165) is 0 Å². The molecule has 7 heteroatoms. The zero-order chi connectivity index (χ0) is 16.9. The summed E-state index contributed by atoms with van der Waals surface area (Å²) in [6.07, 6.45) is 3.05.